The molecule has 0 bridgehead atoms. The number of anilines is 1. The van der Waals surface area contributed by atoms with E-state index in [1.165, 1.54) is 0 Å². The van der Waals surface area contributed by atoms with Crippen LogP contribution in [0.1, 0.15) is 11.4 Å². The summed E-state index contributed by atoms with van der Waals surface area (Å²) in [5.74, 6) is 1.48. The minimum absolute atomic E-state index is 0.624. The minimum atomic E-state index is 0.624. The van der Waals surface area contributed by atoms with Gasteiger partial charge in [0.15, 0.2) is 5.82 Å². The number of nitrogens with one attached hydrogen (secondary N) is 1. The van der Waals surface area contributed by atoms with Crippen molar-refractivity contribution in [2.75, 3.05) is 11.9 Å². The van der Waals surface area contributed by atoms with Crippen molar-refractivity contribution in [3.05, 3.63) is 48.0 Å². The van der Waals surface area contributed by atoms with E-state index in [-0.39, 0.29) is 0 Å². The molecule has 6 heteroatoms. The lowest BCUT2D eigenvalue weighted by Crippen LogP contribution is -2.08. The smallest absolute Gasteiger partial charge is 0.152 e. The molecule has 0 fully saturated rings. The molecule has 0 aliphatic carbocycles. The maximum atomic E-state index is 9.24. The van der Waals surface area contributed by atoms with Gasteiger partial charge >= 0.3 is 0 Å². The van der Waals surface area contributed by atoms with Crippen LogP contribution in [0.3, 0.4) is 0 Å². The van der Waals surface area contributed by atoms with E-state index in [1.807, 2.05) is 31.3 Å². The Bertz CT molecular complexity index is 814. The number of aryl methyl sites for hydroxylation is 1. The number of nitriles is 1. The summed E-state index contributed by atoms with van der Waals surface area (Å²) < 4.78 is 1.68. The molecular weight excluding hydrogens is 264 g/mol. The van der Waals surface area contributed by atoms with Gasteiger partial charge in [-0.1, -0.05) is 18.2 Å². The highest BCUT2D eigenvalue weighted by atomic mass is 15.3. The molecule has 0 unspecified atom stereocenters. The van der Waals surface area contributed by atoms with Crippen molar-refractivity contribution >= 4 is 16.7 Å². The lowest BCUT2D eigenvalue weighted by molar-refractivity contribution is 0.742. The minimum Gasteiger partial charge on any atom is -0.370 e. The average molecular weight is 278 g/mol. The van der Waals surface area contributed by atoms with Crippen LogP contribution in [0.15, 0.2) is 36.7 Å². The molecule has 0 spiro atoms. The molecule has 0 saturated carbocycles. The number of hydrogen-bond donors (Lipinski definition) is 1. The second-order valence-electron chi connectivity index (χ2n) is 4.70. The highest BCUT2D eigenvalue weighted by Crippen LogP contribution is 2.19. The van der Waals surface area contributed by atoms with Gasteiger partial charge < -0.3 is 5.32 Å². The van der Waals surface area contributed by atoms with Gasteiger partial charge in [-0.05, 0) is 12.1 Å². The number of rotatable bonds is 4. The van der Waals surface area contributed by atoms with Crippen molar-refractivity contribution in [1.29, 1.82) is 5.26 Å². The van der Waals surface area contributed by atoms with Crippen molar-refractivity contribution < 1.29 is 0 Å². The van der Waals surface area contributed by atoms with E-state index in [1.54, 1.807) is 17.1 Å². The largest absolute Gasteiger partial charge is 0.370 e. The van der Waals surface area contributed by atoms with Crippen LogP contribution in [0.2, 0.25) is 0 Å². The molecule has 21 heavy (non-hydrogen) atoms. The quantitative estimate of drug-likeness (QED) is 0.788. The Morgan fingerprint density at radius 3 is 2.95 bits per heavy atom. The van der Waals surface area contributed by atoms with Crippen molar-refractivity contribution in [3.8, 4) is 6.07 Å². The van der Waals surface area contributed by atoms with Crippen molar-refractivity contribution in [3.63, 3.8) is 0 Å². The SMILES string of the molecule is Cn1cnc(CCNc2cc(C#N)c3ccccc3n2)n1. The normalized spacial score (nSPS) is 10.5. The monoisotopic (exact) mass is 278 g/mol. The summed E-state index contributed by atoms with van der Waals surface area (Å²) in [7, 11) is 1.84. The average Bonchev–Trinajstić information content (AvgIpc) is 2.92. The topological polar surface area (TPSA) is 79.4 Å². The number of benzene rings is 1. The number of fused-ring (bicyclic) bond motifs is 1. The number of pyridine rings is 1. The Kier molecular flexibility index (Phi) is 3.48. The fourth-order valence-corrected chi connectivity index (χ4v) is 2.16. The maximum absolute atomic E-state index is 9.24. The first kappa shape index (κ1) is 13.1. The fraction of sp³-hybridized carbons (Fsp3) is 0.200. The first-order chi connectivity index (χ1) is 10.3. The Labute approximate surface area is 122 Å². The highest BCUT2D eigenvalue weighted by Gasteiger charge is 2.05. The van der Waals surface area contributed by atoms with Crippen LogP contribution in [-0.4, -0.2) is 26.3 Å². The van der Waals surface area contributed by atoms with Gasteiger partial charge in [-0.3, -0.25) is 4.68 Å². The highest BCUT2D eigenvalue weighted by molar-refractivity contribution is 5.86. The third kappa shape index (κ3) is 2.82. The summed E-state index contributed by atoms with van der Waals surface area (Å²) in [6.07, 6.45) is 2.38. The molecule has 0 aliphatic heterocycles. The standard InChI is InChI=1S/C15H14N6/c1-21-10-18-14(20-21)6-7-17-15-8-11(9-16)12-4-2-3-5-13(12)19-15/h2-5,8,10H,6-7H2,1H3,(H,17,19). The lowest BCUT2D eigenvalue weighted by atomic mass is 10.1. The molecule has 3 aromatic rings. The first-order valence-electron chi connectivity index (χ1n) is 6.64. The Morgan fingerprint density at radius 1 is 1.33 bits per heavy atom. The summed E-state index contributed by atoms with van der Waals surface area (Å²) >= 11 is 0. The number of nitrogens with zero attached hydrogens (tertiary/aromatic N) is 5. The number of hydrogen-bond acceptors (Lipinski definition) is 5. The molecule has 0 saturated heterocycles. The molecule has 1 aromatic carbocycles. The predicted octanol–water partition coefficient (Wildman–Crippen LogP) is 1.89. The van der Waals surface area contributed by atoms with Gasteiger partial charge in [0.1, 0.15) is 12.1 Å². The summed E-state index contributed by atoms with van der Waals surface area (Å²) in [6, 6.07) is 11.6. The van der Waals surface area contributed by atoms with Crippen LogP contribution >= 0.6 is 0 Å². The van der Waals surface area contributed by atoms with E-state index in [0.29, 0.717) is 24.3 Å². The van der Waals surface area contributed by atoms with E-state index in [2.05, 4.69) is 26.5 Å². The van der Waals surface area contributed by atoms with Gasteiger partial charge in [0.2, 0.25) is 0 Å². The Hall–Kier alpha value is -2.94. The fourth-order valence-electron chi connectivity index (χ4n) is 2.16. The molecule has 3 rings (SSSR count). The van der Waals surface area contributed by atoms with Crippen LogP contribution in [0.5, 0.6) is 0 Å². The van der Waals surface area contributed by atoms with E-state index < -0.39 is 0 Å². The van der Waals surface area contributed by atoms with Crippen LogP contribution in [-0.2, 0) is 13.5 Å². The molecule has 104 valence electrons. The summed E-state index contributed by atoms with van der Waals surface area (Å²) in [5, 5.41) is 17.5. The van der Waals surface area contributed by atoms with Gasteiger partial charge in [-0.15, -0.1) is 0 Å². The second kappa shape index (κ2) is 5.59. The van der Waals surface area contributed by atoms with E-state index >= 15 is 0 Å². The number of aromatic nitrogens is 4. The molecule has 0 aliphatic rings. The molecule has 1 N–H and O–H groups in total. The zero-order valence-corrected chi connectivity index (χ0v) is 11.6. The zero-order chi connectivity index (χ0) is 14.7. The zero-order valence-electron chi connectivity index (χ0n) is 11.6. The molecule has 6 nitrogen and oxygen atoms in total. The Balaban J connectivity index is 1.76. The molecular formula is C15H14N6. The number of para-hydroxylation sites is 1. The summed E-state index contributed by atoms with van der Waals surface area (Å²) in [5.41, 5.74) is 1.44. The van der Waals surface area contributed by atoms with Crippen molar-refractivity contribution in [1.82, 2.24) is 19.7 Å². The summed E-state index contributed by atoms with van der Waals surface area (Å²) in [6.45, 7) is 0.667. The van der Waals surface area contributed by atoms with Gasteiger partial charge in [-0.25, -0.2) is 9.97 Å². The van der Waals surface area contributed by atoms with Crippen LogP contribution in [0.25, 0.3) is 10.9 Å². The van der Waals surface area contributed by atoms with E-state index in [0.717, 1.165) is 16.7 Å². The summed E-state index contributed by atoms with van der Waals surface area (Å²) in [4.78, 5) is 8.68. The third-order valence-electron chi connectivity index (χ3n) is 3.14. The molecule has 2 aromatic heterocycles. The van der Waals surface area contributed by atoms with Gasteiger partial charge in [0.05, 0.1) is 17.1 Å². The van der Waals surface area contributed by atoms with Gasteiger partial charge in [0.25, 0.3) is 0 Å². The molecule has 0 atom stereocenters. The van der Waals surface area contributed by atoms with Crippen LogP contribution in [0.4, 0.5) is 5.82 Å². The third-order valence-corrected chi connectivity index (χ3v) is 3.14. The molecule has 2 heterocycles. The molecule has 0 amide bonds. The van der Waals surface area contributed by atoms with Crippen molar-refractivity contribution in [2.45, 2.75) is 6.42 Å². The maximum Gasteiger partial charge on any atom is 0.152 e. The predicted molar refractivity (Wildman–Crippen MR) is 79.7 cm³/mol. The van der Waals surface area contributed by atoms with Gasteiger partial charge in [0, 0.05) is 25.4 Å². The molecule has 0 radical (unpaired) electrons. The second-order valence-corrected chi connectivity index (χ2v) is 4.70. The van der Waals surface area contributed by atoms with Gasteiger partial charge in [-0.2, -0.15) is 10.4 Å². The lowest BCUT2D eigenvalue weighted by Gasteiger charge is -2.07. The Morgan fingerprint density at radius 2 is 2.19 bits per heavy atom. The van der Waals surface area contributed by atoms with E-state index in [4.69, 9.17) is 0 Å². The first-order valence-corrected chi connectivity index (χ1v) is 6.64. The van der Waals surface area contributed by atoms with Crippen LogP contribution < -0.4 is 5.32 Å². The van der Waals surface area contributed by atoms with Crippen LogP contribution in [0, 0.1) is 11.3 Å². The van der Waals surface area contributed by atoms with Crippen molar-refractivity contribution in [2.24, 2.45) is 7.05 Å². The van der Waals surface area contributed by atoms with E-state index in [9.17, 15) is 5.26 Å².